The predicted octanol–water partition coefficient (Wildman–Crippen LogP) is 2.50. The standard InChI is InChI=1S/C17H26N2O2/c1-4-10-17(21)12-19(13-17)11-16(2,3)15(20)18-14-8-6-5-7-9-14/h5-9,21H,4,10-13H2,1-3H3,(H,18,20). The van der Waals surface area contributed by atoms with Crippen LogP contribution in [0.15, 0.2) is 30.3 Å². The number of aliphatic hydroxyl groups is 1. The van der Waals surface area contributed by atoms with Gasteiger partial charge in [-0.05, 0) is 32.4 Å². The molecule has 0 unspecified atom stereocenters. The third-order valence-electron chi connectivity index (χ3n) is 4.02. The van der Waals surface area contributed by atoms with Gasteiger partial charge in [0.1, 0.15) is 0 Å². The molecule has 1 saturated heterocycles. The average molecular weight is 290 g/mol. The molecule has 0 saturated carbocycles. The number of anilines is 1. The molecule has 0 atom stereocenters. The van der Waals surface area contributed by atoms with Gasteiger partial charge in [-0.3, -0.25) is 9.69 Å². The fraction of sp³-hybridized carbons (Fsp3) is 0.588. The Labute approximate surface area is 127 Å². The lowest BCUT2D eigenvalue weighted by Crippen LogP contribution is -2.63. The van der Waals surface area contributed by atoms with E-state index in [9.17, 15) is 9.90 Å². The van der Waals surface area contributed by atoms with Crippen molar-refractivity contribution in [2.75, 3.05) is 25.0 Å². The van der Waals surface area contributed by atoms with Gasteiger partial charge in [-0.2, -0.15) is 0 Å². The summed E-state index contributed by atoms with van der Waals surface area (Å²) in [5, 5.41) is 13.2. The van der Waals surface area contributed by atoms with Crippen LogP contribution in [0.4, 0.5) is 5.69 Å². The van der Waals surface area contributed by atoms with Crippen molar-refractivity contribution in [3.63, 3.8) is 0 Å². The van der Waals surface area contributed by atoms with Crippen LogP contribution in [0.2, 0.25) is 0 Å². The van der Waals surface area contributed by atoms with E-state index in [1.165, 1.54) is 0 Å². The predicted molar refractivity (Wildman–Crippen MR) is 85.2 cm³/mol. The number of hydrogen-bond acceptors (Lipinski definition) is 3. The highest BCUT2D eigenvalue weighted by molar-refractivity contribution is 5.94. The second-order valence-corrected chi connectivity index (χ2v) is 6.82. The first-order valence-corrected chi connectivity index (χ1v) is 7.66. The maximum absolute atomic E-state index is 12.4. The fourth-order valence-corrected chi connectivity index (χ4v) is 2.97. The molecule has 1 heterocycles. The number of amides is 1. The van der Waals surface area contributed by atoms with Crippen molar-refractivity contribution in [3.8, 4) is 0 Å². The van der Waals surface area contributed by atoms with Crippen molar-refractivity contribution in [1.29, 1.82) is 0 Å². The first-order chi connectivity index (χ1) is 9.85. The molecule has 0 aliphatic carbocycles. The minimum Gasteiger partial charge on any atom is -0.387 e. The molecule has 4 nitrogen and oxygen atoms in total. The Morgan fingerprint density at radius 1 is 1.33 bits per heavy atom. The molecular formula is C17H26N2O2. The lowest BCUT2D eigenvalue weighted by Gasteiger charge is -2.49. The fourth-order valence-electron chi connectivity index (χ4n) is 2.97. The van der Waals surface area contributed by atoms with Crippen LogP contribution in [0.5, 0.6) is 0 Å². The first kappa shape index (κ1) is 16.0. The Morgan fingerprint density at radius 3 is 2.52 bits per heavy atom. The average Bonchev–Trinajstić information content (AvgIpc) is 2.38. The van der Waals surface area contributed by atoms with Crippen molar-refractivity contribution in [2.24, 2.45) is 5.41 Å². The van der Waals surface area contributed by atoms with Crippen molar-refractivity contribution in [3.05, 3.63) is 30.3 Å². The number of hydrogen-bond donors (Lipinski definition) is 2. The minimum absolute atomic E-state index is 0.0135. The topological polar surface area (TPSA) is 52.6 Å². The lowest BCUT2D eigenvalue weighted by atomic mass is 9.84. The maximum Gasteiger partial charge on any atom is 0.231 e. The van der Waals surface area contributed by atoms with E-state index in [0.717, 1.165) is 18.5 Å². The van der Waals surface area contributed by atoms with Gasteiger partial charge in [0.25, 0.3) is 0 Å². The van der Waals surface area contributed by atoms with E-state index in [0.29, 0.717) is 19.6 Å². The Balaban J connectivity index is 1.86. The zero-order valence-electron chi connectivity index (χ0n) is 13.2. The van der Waals surface area contributed by atoms with Crippen LogP contribution in [0.3, 0.4) is 0 Å². The van der Waals surface area contributed by atoms with Crippen molar-refractivity contribution >= 4 is 11.6 Å². The summed E-state index contributed by atoms with van der Waals surface area (Å²) in [5.74, 6) is 0.0135. The number of nitrogens with zero attached hydrogens (tertiary/aromatic N) is 1. The van der Waals surface area contributed by atoms with Crippen LogP contribution >= 0.6 is 0 Å². The summed E-state index contributed by atoms with van der Waals surface area (Å²) in [5.41, 5.74) is -0.203. The van der Waals surface area contributed by atoms with Gasteiger partial charge >= 0.3 is 0 Å². The van der Waals surface area contributed by atoms with E-state index >= 15 is 0 Å². The second-order valence-electron chi connectivity index (χ2n) is 6.82. The van der Waals surface area contributed by atoms with E-state index in [2.05, 4.69) is 17.1 Å². The number of likely N-dealkylation sites (tertiary alicyclic amines) is 1. The number of para-hydroxylation sites is 1. The summed E-state index contributed by atoms with van der Waals surface area (Å²) < 4.78 is 0. The third-order valence-corrected chi connectivity index (χ3v) is 4.02. The second kappa shape index (κ2) is 6.16. The third kappa shape index (κ3) is 4.05. The summed E-state index contributed by atoms with van der Waals surface area (Å²) in [6.45, 7) is 7.98. The number of benzene rings is 1. The highest BCUT2D eigenvalue weighted by Crippen LogP contribution is 2.30. The molecule has 0 radical (unpaired) electrons. The van der Waals surface area contributed by atoms with Crippen LogP contribution in [-0.4, -0.2) is 41.1 Å². The Morgan fingerprint density at radius 2 is 1.95 bits per heavy atom. The van der Waals surface area contributed by atoms with Gasteiger partial charge in [0, 0.05) is 25.3 Å². The first-order valence-electron chi connectivity index (χ1n) is 7.66. The van der Waals surface area contributed by atoms with Crippen LogP contribution in [0, 0.1) is 5.41 Å². The monoisotopic (exact) mass is 290 g/mol. The van der Waals surface area contributed by atoms with E-state index in [-0.39, 0.29) is 5.91 Å². The molecule has 0 spiro atoms. The molecule has 4 heteroatoms. The minimum atomic E-state index is -0.541. The molecule has 0 aromatic heterocycles. The summed E-state index contributed by atoms with van der Waals surface area (Å²) in [4.78, 5) is 14.5. The van der Waals surface area contributed by atoms with Crippen LogP contribution < -0.4 is 5.32 Å². The molecular weight excluding hydrogens is 264 g/mol. The Hall–Kier alpha value is -1.39. The maximum atomic E-state index is 12.4. The molecule has 1 amide bonds. The normalized spacial score (nSPS) is 18.1. The Kier molecular flexibility index (Phi) is 4.69. The van der Waals surface area contributed by atoms with Crippen LogP contribution in [0.25, 0.3) is 0 Å². The van der Waals surface area contributed by atoms with Gasteiger partial charge in [0.15, 0.2) is 0 Å². The van der Waals surface area contributed by atoms with Gasteiger partial charge in [-0.15, -0.1) is 0 Å². The zero-order valence-corrected chi connectivity index (χ0v) is 13.2. The number of β-amino-alcohol motifs (C(OH)–C–C–N with tert-alkyl or cyclic N) is 1. The van der Waals surface area contributed by atoms with E-state index in [1.54, 1.807) is 0 Å². The molecule has 2 N–H and O–H groups in total. The summed E-state index contributed by atoms with van der Waals surface area (Å²) in [6.07, 6.45) is 1.82. The van der Waals surface area contributed by atoms with Gasteiger partial charge < -0.3 is 10.4 Å². The van der Waals surface area contributed by atoms with Gasteiger partial charge in [0.2, 0.25) is 5.91 Å². The smallest absolute Gasteiger partial charge is 0.231 e. The summed E-state index contributed by atoms with van der Waals surface area (Å²) >= 11 is 0. The number of carbonyl (C=O) groups excluding carboxylic acids is 1. The Bertz CT molecular complexity index is 479. The highest BCUT2D eigenvalue weighted by Gasteiger charge is 2.43. The molecule has 116 valence electrons. The lowest BCUT2D eigenvalue weighted by molar-refractivity contribution is -0.134. The number of rotatable bonds is 6. The molecule has 1 fully saturated rings. The quantitative estimate of drug-likeness (QED) is 0.846. The molecule has 21 heavy (non-hydrogen) atoms. The molecule has 0 bridgehead atoms. The van der Waals surface area contributed by atoms with Crippen molar-refractivity contribution in [2.45, 2.75) is 39.2 Å². The van der Waals surface area contributed by atoms with E-state index in [4.69, 9.17) is 0 Å². The molecule has 1 aromatic carbocycles. The van der Waals surface area contributed by atoms with Crippen LogP contribution in [0.1, 0.15) is 33.6 Å². The molecule has 1 aromatic rings. The number of carbonyl (C=O) groups is 1. The van der Waals surface area contributed by atoms with Gasteiger partial charge in [-0.1, -0.05) is 31.5 Å². The molecule has 2 rings (SSSR count). The SMILES string of the molecule is CCCC1(O)CN(CC(C)(C)C(=O)Nc2ccccc2)C1. The van der Waals surface area contributed by atoms with E-state index in [1.807, 2.05) is 44.2 Å². The van der Waals surface area contributed by atoms with Crippen molar-refractivity contribution in [1.82, 2.24) is 4.90 Å². The summed E-state index contributed by atoms with van der Waals surface area (Å²) in [6, 6.07) is 9.51. The van der Waals surface area contributed by atoms with Gasteiger partial charge in [-0.25, -0.2) is 0 Å². The van der Waals surface area contributed by atoms with Crippen molar-refractivity contribution < 1.29 is 9.90 Å². The largest absolute Gasteiger partial charge is 0.387 e. The summed E-state index contributed by atoms with van der Waals surface area (Å²) in [7, 11) is 0. The molecule has 1 aliphatic rings. The van der Waals surface area contributed by atoms with E-state index < -0.39 is 11.0 Å². The van der Waals surface area contributed by atoms with Crippen LogP contribution in [-0.2, 0) is 4.79 Å². The number of nitrogens with one attached hydrogen (secondary N) is 1. The van der Waals surface area contributed by atoms with Gasteiger partial charge in [0.05, 0.1) is 11.0 Å². The zero-order chi connectivity index (χ0) is 15.5. The molecule has 1 aliphatic heterocycles. The highest BCUT2D eigenvalue weighted by atomic mass is 16.3.